The molecule has 3 rings (SSSR count). The largest absolute Gasteiger partial charge is 0.339 e. The van der Waals surface area contributed by atoms with Crippen molar-refractivity contribution in [2.75, 3.05) is 5.32 Å². The van der Waals surface area contributed by atoms with Crippen molar-refractivity contribution in [3.05, 3.63) is 47.7 Å². The summed E-state index contributed by atoms with van der Waals surface area (Å²) in [6, 6.07) is 11.8. The Hall–Kier alpha value is -2.45. The van der Waals surface area contributed by atoms with Gasteiger partial charge in [0.05, 0.1) is 5.69 Å². The van der Waals surface area contributed by atoms with Gasteiger partial charge in [0, 0.05) is 21.5 Å². The summed E-state index contributed by atoms with van der Waals surface area (Å²) in [5.41, 5.74) is 1.35. The van der Waals surface area contributed by atoms with Crippen molar-refractivity contribution in [1.29, 1.82) is 5.26 Å². The van der Waals surface area contributed by atoms with E-state index in [1.165, 1.54) is 11.0 Å². The second-order valence-electron chi connectivity index (χ2n) is 3.67. The zero-order valence-corrected chi connectivity index (χ0v) is 10.1. The Labute approximate surface area is 108 Å². The molecule has 0 aliphatic carbocycles. The van der Waals surface area contributed by atoms with Crippen molar-refractivity contribution in [2.45, 2.75) is 0 Å². The minimum atomic E-state index is 0.354. The normalized spacial score (nSPS) is 10.2. The first kappa shape index (κ1) is 10.7. The van der Waals surface area contributed by atoms with Crippen LogP contribution in [0.2, 0.25) is 0 Å². The lowest BCUT2D eigenvalue weighted by Crippen LogP contribution is -1.94. The summed E-state index contributed by atoms with van der Waals surface area (Å²) in [5.74, 6) is 0.630. The van der Waals surface area contributed by atoms with Gasteiger partial charge in [0.1, 0.15) is 23.9 Å². The molecule has 18 heavy (non-hydrogen) atoms. The molecule has 0 bridgehead atoms. The van der Waals surface area contributed by atoms with Crippen LogP contribution in [0.5, 0.6) is 0 Å². The first-order valence-corrected chi connectivity index (χ1v) is 6.20. The van der Waals surface area contributed by atoms with Gasteiger partial charge in [-0.15, -0.1) is 11.3 Å². The van der Waals surface area contributed by atoms with Gasteiger partial charge in [-0.1, -0.05) is 18.2 Å². The second kappa shape index (κ2) is 4.43. The maximum atomic E-state index is 8.79. The summed E-state index contributed by atoms with van der Waals surface area (Å²) in [4.78, 5) is 7.94. The highest BCUT2D eigenvalue weighted by Crippen LogP contribution is 2.31. The number of nitriles is 1. The van der Waals surface area contributed by atoms with Crippen LogP contribution in [0.25, 0.3) is 10.1 Å². The zero-order valence-electron chi connectivity index (χ0n) is 9.29. The average molecular weight is 252 g/mol. The van der Waals surface area contributed by atoms with Gasteiger partial charge in [-0.25, -0.2) is 9.97 Å². The lowest BCUT2D eigenvalue weighted by atomic mass is 10.2. The lowest BCUT2D eigenvalue weighted by molar-refractivity contribution is 1.14. The van der Waals surface area contributed by atoms with Crippen molar-refractivity contribution in [3.8, 4) is 6.07 Å². The molecule has 0 aliphatic heterocycles. The molecule has 0 unspecified atom stereocenters. The number of thiophene rings is 1. The molecule has 2 aromatic heterocycles. The third-order valence-electron chi connectivity index (χ3n) is 2.53. The smallest absolute Gasteiger partial charge is 0.145 e. The maximum Gasteiger partial charge on any atom is 0.145 e. The van der Waals surface area contributed by atoms with Gasteiger partial charge in [0.25, 0.3) is 0 Å². The third-order valence-corrected chi connectivity index (χ3v) is 3.49. The number of hydrogen-bond acceptors (Lipinski definition) is 5. The Balaban J connectivity index is 1.99. The maximum absolute atomic E-state index is 8.79. The lowest BCUT2D eigenvalue weighted by Gasteiger charge is -2.03. The number of fused-ring (bicyclic) bond motifs is 1. The molecule has 0 radical (unpaired) electrons. The first-order chi connectivity index (χ1) is 8.86. The van der Waals surface area contributed by atoms with E-state index in [4.69, 9.17) is 5.26 Å². The van der Waals surface area contributed by atoms with E-state index < -0.39 is 0 Å². The van der Waals surface area contributed by atoms with E-state index in [0.717, 1.165) is 11.1 Å². The summed E-state index contributed by atoms with van der Waals surface area (Å²) < 4.78 is 1.22. The molecule has 2 heterocycles. The van der Waals surface area contributed by atoms with Crippen molar-refractivity contribution in [3.63, 3.8) is 0 Å². The van der Waals surface area contributed by atoms with Crippen LogP contribution >= 0.6 is 11.3 Å². The molecule has 1 aromatic carbocycles. The molecular weight excluding hydrogens is 244 g/mol. The number of anilines is 2. The quantitative estimate of drug-likeness (QED) is 0.760. The zero-order chi connectivity index (χ0) is 12.4. The van der Waals surface area contributed by atoms with E-state index in [1.54, 1.807) is 17.4 Å². The number of aromatic nitrogens is 2. The first-order valence-electron chi connectivity index (χ1n) is 5.32. The third kappa shape index (κ3) is 1.90. The molecular formula is C13H8N4S. The van der Waals surface area contributed by atoms with Crippen molar-refractivity contribution in [2.24, 2.45) is 0 Å². The van der Waals surface area contributed by atoms with Gasteiger partial charge in [0.2, 0.25) is 0 Å². The number of rotatable bonds is 2. The standard InChI is InChI=1S/C13H8N4S/c14-6-9-5-13(16-8-15-9)17-11-7-18-12-4-2-1-3-10(11)12/h1-5,7-8H,(H,15,16,17). The molecule has 0 atom stereocenters. The SMILES string of the molecule is N#Cc1cc(Nc2csc3ccccc23)ncn1. The minimum absolute atomic E-state index is 0.354. The highest BCUT2D eigenvalue weighted by Gasteiger charge is 2.04. The van der Waals surface area contributed by atoms with Gasteiger partial charge < -0.3 is 5.32 Å². The second-order valence-corrected chi connectivity index (χ2v) is 4.58. The number of benzene rings is 1. The predicted octanol–water partition coefficient (Wildman–Crippen LogP) is 3.31. The topological polar surface area (TPSA) is 61.6 Å². The predicted molar refractivity (Wildman–Crippen MR) is 71.9 cm³/mol. The molecule has 0 saturated heterocycles. The molecule has 0 spiro atoms. The summed E-state index contributed by atoms with van der Waals surface area (Å²) >= 11 is 1.67. The Morgan fingerprint density at radius 1 is 1.22 bits per heavy atom. The summed E-state index contributed by atoms with van der Waals surface area (Å²) in [7, 11) is 0. The highest BCUT2D eigenvalue weighted by atomic mass is 32.1. The Morgan fingerprint density at radius 2 is 2.11 bits per heavy atom. The van der Waals surface area contributed by atoms with Crippen LogP contribution in [-0.2, 0) is 0 Å². The molecule has 4 nitrogen and oxygen atoms in total. The van der Waals surface area contributed by atoms with Crippen LogP contribution in [-0.4, -0.2) is 9.97 Å². The van der Waals surface area contributed by atoms with E-state index in [1.807, 2.05) is 23.6 Å². The van der Waals surface area contributed by atoms with Crippen LogP contribution in [0, 0.1) is 11.3 Å². The molecule has 86 valence electrons. The van der Waals surface area contributed by atoms with E-state index >= 15 is 0 Å². The molecule has 5 heteroatoms. The monoisotopic (exact) mass is 252 g/mol. The number of nitrogens with zero attached hydrogens (tertiary/aromatic N) is 3. The van der Waals surface area contributed by atoms with Gasteiger partial charge in [-0.3, -0.25) is 0 Å². The van der Waals surface area contributed by atoms with Crippen molar-refractivity contribution >= 4 is 32.9 Å². The fourth-order valence-corrected chi connectivity index (χ4v) is 2.59. The summed E-state index contributed by atoms with van der Waals surface area (Å²) in [5, 5.41) is 15.2. The summed E-state index contributed by atoms with van der Waals surface area (Å²) in [6.07, 6.45) is 1.38. The van der Waals surface area contributed by atoms with Gasteiger partial charge in [-0.2, -0.15) is 5.26 Å². The summed E-state index contributed by atoms with van der Waals surface area (Å²) in [6.45, 7) is 0. The highest BCUT2D eigenvalue weighted by molar-refractivity contribution is 7.17. The van der Waals surface area contributed by atoms with Crippen LogP contribution in [0.4, 0.5) is 11.5 Å². The number of hydrogen-bond donors (Lipinski definition) is 1. The molecule has 0 aliphatic rings. The van der Waals surface area contributed by atoms with Crippen LogP contribution in [0.3, 0.4) is 0 Å². The van der Waals surface area contributed by atoms with Gasteiger partial charge in [0.15, 0.2) is 0 Å². The van der Waals surface area contributed by atoms with E-state index in [0.29, 0.717) is 11.5 Å². The van der Waals surface area contributed by atoms with Crippen molar-refractivity contribution < 1.29 is 0 Å². The fourth-order valence-electron chi connectivity index (χ4n) is 1.70. The molecule has 0 saturated carbocycles. The van der Waals surface area contributed by atoms with Crippen LogP contribution < -0.4 is 5.32 Å². The van der Waals surface area contributed by atoms with Crippen LogP contribution in [0.15, 0.2) is 42.0 Å². The average Bonchev–Trinajstić information content (AvgIpc) is 2.83. The van der Waals surface area contributed by atoms with E-state index in [-0.39, 0.29) is 0 Å². The van der Waals surface area contributed by atoms with E-state index in [2.05, 4.69) is 27.4 Å². The Bertz CT molecular complexity index is 742. The molecule has 3 aromatic rings. The van der Waals surface area contributed by atoms with Gasteiger partial charge in [-0.05, 0) is 6.07 Å². The molecule has 0 fully saturated rings. The fraction of sp³-hybridized carbons (Fsp3) is 0. The Kier molecular flexibility index (Phi) is 2.63. The van der Waals surface area contributed by atoms with Gasteiger partial charge >= 0.3 is 0 Å². The minimum Gasteiger partial charge on any atom is -0.339 e. The molecule has 1 N–H and O–H groups in total. The number of nitrogens with one attached hydrogen (secondary N) is 1. The van der Waals surface area contributed by atoms with E-state index in [9.17, 15) is 0 Å². The molecule has 0 amide bonds. The Morgan fingerprint density at radius 3 is 3.00 bits per heavy atom. The van der Waals surface area contributed by atoms with Crippen molar-refractivity contribution in [1.82, 2.24) is 9.97 Å². The van der Waals surface area contributed by atoms with Crippen LogP contribution in [0.1, 0.15) is 5.69 Å².